The number of para-hydroxylation sites is 2. The molecule has 0 unspecified atom stereocenters. The van der Waals surface area contributed by atoms with Crippen LogP contribution in [0.4, 0.5) is 11.4 Å². The highest BCUT2D eigenvalue weighted by Crippen LogP contribution is 2.29. The highest BCUT2D eigenvalue weighted by molar-refractivity contribution is 6.04. The lowest BCUT2D eigenvalue weighted by molar-refractivity contribution is -0.117. The van der Waals surface area contributed by atoms with Gasteiger partial charge in [0.05, 0.1) is 11.4 Å². The van der Waals surface area contributed by atoms with Crippen LogP contribution in [0.1, 0.15) is 12.8 Å². The van der Waals surface area contributed by atoms with Gasteiger partial charge in [-0.25, -0.2) is 0 Å². The van der Waals surface area contributed by atoms with Gasteiger partial charge in [-0.05, 0) is 25.0 Å². The molecule has 0 spiro atoms. The van der Waals surface area contributed by atoms with Gasteiger partial charge in [-0.1, -0.05) is 12.1 Å². The molecule has 0 aromatic heterocycles. The molecule has 0 radical (unpaired) electrons. The highest BCUT2D eigenvalue weighted by atomic mass is 16.6. The van der Waals surface area contributed by atoms with Crippen LogP contribution in [0.15, 0.2) is 36.3 Å². The van der Waals surface area contributed by atoms with Gasteiger partial charge in [0.2, 0.25) is 5.76 Å². The third kappa shape index (κ3) is 2.71. The standard InChI is InChI=1S/C15H18N2O3/c18-15(14-11-19-9-10-20-14)16-12-5-1-2-6-13(12)17-7-3-4-8-17/h1-2,5-6,11H,3-4,7-10H2,(H,16,18). The van der Waals surface area contributed by atoms with Crippen molar-refractivity contribution in [3.8, 4) is 0 Å². The van der Waals surface area contributed by atoms with Crippen molar-refractivity contribution < 1.29 is 14.3 Å². The summed E-state index contributed by atoms with van der Waals surface area (Å²) in [6.45, 7) is 2.97. The van der Waals surface area contributed by atoms with Crippen molar-refractivity contribution in [3.05, 3.63) is 36.3 Å². The SMILES string of the molecule is O=C(Nc1ccccc1N1CCCC1)C1=COCCO1. The molecular weight excluding hydrogens is 256 g/mol. The molecule has 1 aromatic rings. The Morgan fingerprint density at radius 2 is 1.95 bits per heavy atom. The first kappa shape index (κ1) is 12.8. The summed E-state index contributed by atoms with van der Waals surface area (Å²) in [5.74, 6) is -0.0381. The molecule has 0 saturated carbocycles. The summed E-state index contributed by atoms with van der Waals surface area (Å²) in [6.07, 6.45) is 3.77. The Morgan fingerprint density at radius 1 is 1.15 bits per heavy atom. The molecule has 2 aliphatic rings. The molecule has 1 saturated heterocycles. The van der Waals surface area contributed by atoms with E-state index in [1.807, 2.05) is 24.3 Å². The van der Waals surface area contributed by atoms with E-state index in [9.17, 15) is 4.79 Å². The predicted molar refractivity (Wildman–Crippen MR) is 76.5 cm³/mol. The summed E-state index contributed by atoms with van der Waals surface area (Å²) in [5, 5.41) is 2.90. The molecule has 0 aliphatic carbocycles. The smallest absolute Gasteiger partial charge is 0.294 e. The minimum absolute atomic E-state index is 0.229. The monoisotopic (exact) mass is 274 g/mol. The number of ether oxygens (including phenoxy) is 2. The number of hydrogen-bond acceptors (Lipinski definition) is 4. The first-order valence-electron chi connectivity index (χ1n) is 6.94. The Hall–Kier alpha value is -2.17. The zero-order valence-corrected chi connectivity index (χ0v) is 11.3. The second kappa shape index (κ2) is 5.86. The average Bonchev–Trinajstić information content (AvgIpc) is 3.03. The van der Waals surface area contributed by atoms with E-state index in [2.05, 4.69) is 10.2 Å². The third-order valence-corrected chi connectivity index (χ3v) is 3.47. The Balaban J connectivity index is 1.76. The lowest BCUT2D eigenvalue weighted by Crippen LogP contribution is -2.24. The molecule has 1 fully saturated rings. The number of benzene rings is 1. The number of nitrogens with zero attached hydrogens (tertiary/aromatic N) is 1. The van der Waals surface area contributed by atoms with Crippen molar-refractivity contribution in [2.24, 2.45) is 0 Å². The van der Waals surface area contributed by atoms with Gasteiger partial charge >= 0.3 is 0 Å². The zero-order chi connectivity index (χ0) is 13.8. The topological polar surface area (TPSA) is 50.8 Å². The van der Waals surface area contributed by atoms with Gasteiger partial charge in [0.15, 0.2) is 0 Å². The molecule has 0 bridgehead atoms. The fraction of sp³-hybridized carbons (Fsp3) is 0.400. The van der Waals surface area contributed by atoms with Crippen molar-refractivity contribution in [2.75, 3.05) is 36.5 Å². The van der Waals surface area contributed by atoms with Crippen molar-refractivity contribution in [2.45, 2.75) is 12.8 Å². The van der Waals surface area contributed by atoms with Gasteiger partial charge < -0.3 is 19.7 Å². The molecular formula is C15H18N2O3. The first-order chi connectivity index (χ1) is 9.84. The molecule has 0 atom stereocenters. The third-order valence-electron chi connectivity index (χ3n) is 3.47. The number of hydrogen-bond donors (Lipinski definition) is 1. The Bertz CT molecular complexity index is 522. The minimum atomic E-state index is -0.267. The zero-order valence-electron chi connectivity index (χ0n) is 11.3. The van der Waals surface area contributed by atoms with Crippen LogP contribution < -0.4 is 10.2 Å². The van der Waals surface area contributed by atoms with Crippen LogP contribution in [0.3, 0.4) is 0 Å². The number of carbonyl (C=O) groups excluding carboxylic acids is 1. The van der Waals surface area contributed by atoms with E-state index in [1.54, 1.807) is 0 Å². The van der Waals surface area contributed by atoms with Crippen molar-refractivity contribution >= 4 is 17.3 Å². The average molecular weight is 274 g/mol. The lowest BCUT2D eigenvalue weighted by atomic mass is 10.2. The van der Waals surface area contributed by atoms with E-state index in [0.29, 0.717) is 13.2 Å². The van der Waals surface area contributed by atoms with Crippen LogP contribution in [0, 0.1) is 0 Å². The molecule has 2 aliphatic heterocycles. The fourth-order valence-electron chi connectivity index (χ4n) is 2.48. The molecule has 1 N–H and O–H groups in total. The molecule has 106 valence electrons. The molecule has 20 heavy (non-hydrogen) atoms. The molecule has 5 nitrogen and oxygen atoms in total. The molecule has 1 aromatic carbocycles. The van der Waals surface area contributed by atoms with E-state index in [-0.39, 0.29) is 11.7 Å². The van der Waals surface area contributed by atoms with Gasteiger partial charge in [0.25, 0.3) is 5.91 Å². The number of rotatable bonds is 3. The van der Waals surface area contributed by atoms with E-state index >= 15 is 0 Å². The van der Waals surface area contributed by atoms with Gasteiger partial charge in [0.1, 0.15) is 19.5 Å². The summed E-state index contributed by atoms with van der Waals surface area (Å²) in [7, 11) is 0. The maximum Gasteiger partial charge on any atom is 0.294 e. The maximum absolute atomic E-state index is 12.1. The van der Waals surface area contributed by atoms with Crippen LogP contribution in [0.5, 0.6) is 0 Å². The lowest BCUT2D eigenvalue weighted by Gasteiger charge is -2.22. The van der Waals surface area contributed by atoms with Gasteiger partial charge in [0, 0.05) is 13.1 Å². The second-order valence-electron chi connectivity index (χ2n) is 4.87. The van der Waals surface area contributed by atoms with E-state index in [1.165, 1.54) is 19.1 Å². The van der Waals surface area contributed by atoms with E-state index in [0.717, 1.165) is 24.5 Å². The van der Waals surface area contributed by atoms with Crippen LogP contribution in [-0.4, -0.2) is 32.2 Å². The number of anilines is 2. The quantitative estimate of drug-likeness (QED) is 0.917. The summed E-state index contributed by atoms with van der Waals surface area (Å²) >= 11 is 0. The Kier molecular flexibility index (Phi) is 3.76. The predicted octanol–water partition coefficient (Wildman–Crippen LogP) is 2.11. The van der Waals surface area contributed by atoms with E-state index in [4.69, 9.17) is 9.47 Å². The maximum atomic E-state index is 12.1. The van der Waals surface area contributed by atoms with Crippen molar-refractivity contribution in [1.29, 1.82) is 0 Å². The summed E-state index contributed by atoms with van der Waals surface area (Å²) < 4.78 is 10.4. The summed E-state index contributed by atoms with van der Waals surface area (Å²) in [6, 6.07) is 7.86. The number of carbonyl (C=O) groups is 1. The number of amides is 1. The summed E-state index contributed by atoms with van der Waals surface area (Å²) in [4.78, 5) is 14.4. The molecule has 5 heteroatoms. The first-order valence-corrected chi connectivity index (χ1v) is 6.94. The van der Waals surface area contributed by atoms with Crippen molar-refractivity contribution in [3.63, 3.8) is 0 Å². The van der Waals surface area contributed by atoms with Gasteiger partial charge in [-0.2, -0.15) is 0 Å². The normalized spacial score (nSPS) is 18.0. The minimum Gasteiger partial charge on any atom is -0.494 e. The highest BCUT2D eigenvalue weighted by Gasteiger charge is 2.19. The largest absolute Gasteiger partial charge is 0.494 e. The van der Waals surface area contributed by atoms with Crippen LogP contribution in [-0.2, 0) is 14.3 Å². The van der Waals surface area contributed by atoms with Crippen LogP contribution in [0.25, 0.3) is 0 Å². The van der Waals surface area contributed by atoms with Crippen LogP contribution >= 0.6 is 0 Å². The Morgan fingerprint density at radius 3 is 2.70 bits per heavy atom. The fourth-order valence-corrected chi connectivity index (χ4v) is 2.48. The Labute approximate surface area is 118 Å². The molecule has 1 amide bonds. The van der Waals surface area contributed by atoms with E-state index < -0.39 is 0 Å². The van der Waals surface area contributed by atoms with Crippen molar-refractivity contribution in [1.82, 2.24) is 0 Å². The van der Waals surface area contributed by atoms with Gasteiger partial charge in [-0.15, -0.1) is 0 Å². The molecule has 2 heterocycles. The number of nitrogens with one attached hydrogen (secondary N) is 1. The second-order valence-corrected chi connectivity index (χ2v) is 4.87. The summed E-state index contributed by atoms with van der Waals surface area (Å²) in [5.41, 5.74) is 1.88. The van der Waals surface area contributed by atoms with Gasteiger partial charge in [-0.3, -0.25) is 4.79 Å². The molecule has 3 rings (SSSR count). The van der Waals surface area contributed by atoms with Crippen LogP contribution in [0.2, 0.25) is 0 Å².